The number of aldehydes is 1. The first-order chi connectivity index (χ1) is 4.62. The molecule has 1 atom stereocenters. The third kappa shape index (κ3) is 4.48. The summed E-state index contributed by atoms with van der Waals surface area (Å²) in [5.74, 6) is 0. The zero-order valence-electron chi connectivity index (χ0n) is 6.69. The molecule has 0 saturated carbocycles. The second-order valence-corrected chi connectivity index (χ2v) is 2.85. The van der Waals surface area contributed by atoms with Crippen molar-refractivity contribution in [1.82, 2.24) is 0 Å². The van der Waals surface area contributed by atoms with Crippen LogP contribution in [0.2, 0.25) is 0 Å². The van der Waals surface area contributed by atoms with E-state index in [2.05, 4.69) is 6.92 Å². The standard InChI is InChI=1S/C8H15FO/c1-3-4-5-6-8(2,9)7-10/h7H,3-6H2,1-2H3. The van der Waals surface area contributed by atoms with E-state index in [1.54, 1.807) is 0 Å². The molecular formula is C8H15FO. The maximum absolute atomic E-state index is 12.8. The Labute approximate surface area is 61.6 Å². The molecule has 0 amide bonds. The summed E-state index contributed by atoms with van der Waals surface area (Å²) in [4.78, 5) is 10.0. The molecular weight excluding hydrogens is 131 g/mol. The van der Waals surface area contributed by atoms with Crippen molar-refractivity contribution in [3.8, 4) is 0 Å². The number of unbranched alkanes of at least 4 members (excludes halogenated alkanes) is 2. The average Bonchev–Trinajstić information content (AvgIpc) is 1.89. The second-order valence-electron chi connectivity index (χ2n) is 2.85. The van der Waals surface area contributed by atoms with Gasteiger partial charge in [-0.05, 0) is 19.8 Å². The van der Waals surface area contributed by atoms with Gasteiger partial charge in [-0.25, -0.2) is 4.39 Å². The van der Waals surface area contributed by atoms with Crippen LogP contribution in [0.15, 0.2) is 0 Å². The summed E-state index contributed by atoms with van der Waals surface area (Å²) in [6.07, 6.45) is 3.64. The minimum atomic E-state index is -1.59. The van der Waals surface area contributed by atoms with Gasteiger partial charge in [-0.2, -0.15) is 0 Å². The van der Waals surface area contributed by atoms with Crippen molar-refractivity contribution in [2.24, 2.45) is 0 Å². The van der Waals surface area contributed by atoms with Gasteiger partial charge in [0.25, 0.3) is 0 Å². The van der Waals surface area contributed by atoms with Gasteiger partial charge >= 0.3 is 0 Å². The highest BCUT2D eigenvalue weighted by atomic mass is 19.1. The van der Waals surface area contributed by atoms with E-state index < -0.39 is 5.67 Å². The molecule has 0 bridgehead atoms. The van der Waals surface area contributed by atoms with Crippen LogP contribution >= 0.6 is 0 Å². The quantitative estimate of drug-likeness (QED) is 0.430. The third-order valence-corrected chi connectivity index (χ3v) is 1.51. The first kappa shape index (κ1) is 9.60. The van der Waals surface area contributed by atoms with Crippen molar-refractivity contribution in [1.29, 1.82) is 0 Å². The minimum absolute atomic E-state index is 0.365. The monoisotopic (exact) mass is 146 g/mol. The Bertz CT molecular complexity index is 99.4. The Morgan fingerprint density at radius 3 is 2.50 bits per heavy atom. The lowest BCUT2D eigenvalue weighted by Gasteiger charge is -2.10. The van der Waals surface area contributed by atoms with E-state index in [1.807, 2.05) is 0 Å². The van der Waals surface area contributed by atoms with Crippen molar-refractivity contribution in [2.75, 3.05) is 0 Å². The number of rotatable bonds is 5. The molecule has 0 aromatic rings. The highest BCUT2D eigenvalue weighted by Crippen LogP contribution is 2.15. The molecule has 0 spiro atoms. The lowest BCUT2D eigenvalue weighted by Crippen LogP contribution is -2.18. The van der Waals surface area contributed by atoms with E-state index in [9.17, 15) is 9.18 Å². The van der Waals surface area contributed by atoms with Crippen molar-refractivity contribution in [2.45, 2.75) is 45.2 Å². The molecule has 1 nitrogen and oxygen atoms in total. The lowest BCUT2D eigenvalue weighted by molar-refractivity contribution is -0.117. The van der Waals surface area contributed by atoms with Gasteiger partial charge in [0, 0.05) is 0 Å². The van der Waals surface area contributed by atoms with Crippen molar-refractivity contribution < 1.29 is 9.18 Å². The fraction of sp³-hybridized carbons (Fsp3) is 0.875. The van der Waals surface area contributed by atoms with Crippen molar-refractivity contribution in [3.05, 3.63) is 0 Å². The van der Waals surface area contributed by atoms with E-state index in [0.717, 1.165) is 19.3 Å². The molecule has 0 aliphatic rings. The molecule has 10 heavy (non-hydrogen) atoms. The molecule has 60 valence electrons. The first-order valence-corrected chi connectivity index (χ1v) is 3.77. The predicted molar refractivity (Wildman–Crippen MR) is 39.7 cm³/mol. The molecule has 0 saturated heterocycles. The molecule has 0 aliphatic heterocycles. The summed E-state index contributed by atoms with van der Waals surface area (Å²) >= 11 is 0. The summed E-state index contributed by atoms with van der Waals surface area (Å²) in [5.41, 5.74) is -1.59. The maximum Gasteiger partial charge on any atom is 0.163 e. The molecule has 0 aliphatic carbocycles. The average molecular weight is 146 g/mol. The topological polar surface area (TPSA) is 17.1 Å². The Morgan fingerprint density at radius 1 is 1.50 bits per heavy atom. The number of halogens is 1. The van der Waals surface area contributed by atoms with E-state index in [1.165, 1.54) is 6.92 Å². The molecule has 0 radical (unpaired) electrons. The van der Waals surface area contributed by atoms with Crippen molar-refractivity contribution >= 4 is 6.29 Å². The SMILES string of the molecule is CCCCCC(C)(F)C=O. The molecule has 0 fully saturated rings. The first-order valence-electron chi connectivity index (χ1n) is 3.77. The summed E-state index contributed by atoms with van der Waals surface area (Å²) in [7, 11) is 0. The third-order valence-electron chi connectivity index (χ3n) is 1.51. The van der Waals surface area contributed by atoms with Crippen LogP contribution in [-0.4, -0.2) is 12.0 Å². The van der Waals surface area contributed by atoms with Crippen LogP contribution < -0.4 is 0 Å². The summed E-state index contributed by atoms with van der Waals surface area (Å²) in [5, 5.41) is 0. The number of hydrogen-bond donors (Lipinski definition) is 0. The number of carbonyl (C=O) groups is 1. The molecule has 2 heteroatoms. The van der Waals surface area contributed by atoms with E-state index in [4.69, 9.17) is 0 Å². The van der Waals surface area contributed by atoms with E-state index >= 15 is 0 Å². The molecule has 0 heterocycles. The molecule has 0 N–H and O–H groups in total. The van der Waals surface area contributed by atoms with E-state index in [0.29, 0.717) is 12.7 Å². The summed E-state index contributed by atoms with van der Waals surface area (Å²) < 4.78 is 12.8. The van der Waals surface area contributed by atoms with Crippen LogP contribution in [-0.2, 0) is 4.79 Å². The summed E-state index contributed by atoms with van der Waals surface area (Å²) in [6, 6.07) is 0. The molecule has 0 aromatic carbocycles. The number of hydrogen-bond acceptors (Lipinski definition) is 1. The molecule has 0 rings (SSSR count). The maximum atomic E-state index is 12.8. The molecule has 1 unspecified atom stereocenters. The second kappa shape index (κ2) is 4.42. The minimum Gasteiger partial charge on any atom is -0.300 e. The normalized spacial score (nSPS) is 16.3. The van der Waals surface area contributed by atoms with Gasteiger partial charge < -0.3 is 0 Å². The zero-order chi connectivity index (χ0) is 8.04. The van der Waals surface area contributed by atoms with Crippen LogP contribution in [0.25, 0.3) is 0 Å². The Kier molecular flexibility index (Phi) is 4.24. The van der Waals surface area contributed by atoms with Gasteiger partial charge in [0.15, 0.2) is 12.0 Å². The van der Waals surface area contributed by atoms with Crippen LogP contribution in [0.3, 0.4) is 0 Å². The predicted octanol–water partition coefficient (Wildman–Crippen LogP) is 2.49. The van der Waals surface area contributed by atoms with Gasteiger partial charge in [-0.3, -0.25) is 4.79 Å². The Morgan fingerprint density at radius 2 is 2.10 bits per heavy atom. The van der Waals surface area contributed by atoms with Crippen LogP contribution in [0.4, 0.5) is 4.39 Å². The highest BCUT2D eigenvalue weighted by Gasteiger charge is 2.20. The fourth-order valence-corrected chi connectivity index (χ4v) is 0.780. The van der Waals surface area contributed by atoms with Gasteiger partial charge in [-0.15, -0.1) is 0 Å². The van der Waals surface area contributed by atoms with Crippen molar-refractivity contribution in [3.63, 3.8) is 0 Å². The Hall–Kier alpha value is -0.400. The van der Waals surface area contributed by atoms with Gasteiger partial charge in [0.2, 0.25) is 0 Å². The summed E-state index contributed by atoms with van der Waals surface area (Å²) in [6.45, 7) is 3.38. The van der Waals surface area contributed by atoms with Crippen LogP contribution in [0, 0.1) is 0 Å². The van der Waals surface area contributed by atoms with E-state index in [-0.39, 0.29) is 0 Å². The fourth-order valence-electron chi connectivity index (χ4n) is 0.780. The Balaban J connectivity index is 3.37. The smallest absolute Gasteiger partial charge is 0.163 e. The number of carbonyl (C=O) groups excluding carboxylic acids is 1. The largest absolute Gasteiger partial charge is 0.300 e. The van der Waals surface area contributed by atoms with Crippen LogP contribution in [0.5, 0.6) is 0 Å². The zero-order valence-corrected chi connectivity index (χ0v) is 6.69. The number of alkyl halides is 1. The van der Waals surface area contributed by atoms with Crippen LogP contribution in [0.1, 0.15) is 39.5 Å². The van der Waals surface area contributed by atoms with Gasteiger partial charge in [-0.1, -0.05) is 19.8 Å². The van der Waals surface area contributed by atoms with Gasteiger partial charge in [0.1, 0.15) is 0 Å². The van der Waals surface area contributed by atoms with Gasteiger partial charge in [0.05, 0.1) is 0 Å². The molecule has 0 aromatic heterocycles. The lowest BCUT2D eigenvalue weighted by atomic mass is 10.0. The highest BCUT2D eigenvalue weighted by molar-refractivity contribution is 5.61.